The highest BCUT2D eigenvalue weighted by atomic mass is 35.5. The van der Waals surface area contributed by atoms with Crippen molar-refractivity contribution >= 4 is 34.8 Å². The Morgan fingerprint density at radius 2 is 1.62 bits per heavy atom. The monoisotopic (exact) mass is 291 g/mol. The molecule has 0 aromatic heterocycles. The Morgan fingerprint density at radius 3 is 2.12 bits per heavy atom. The molecular weight excluding hydrogens is 285 g/mol. The van der Waals surface area contributed by atoms with Gasteiger partial charge < -0.3 is 5.73 Å². The van der Waals surface area contributed by atoms with Gasteiger partial charge >= 0.3 is 6.18 Å². The van der Waals surface area contributed by atoms with E-state index >= 15 is 0 Å². The van der Waals surface area contributed by atoms with Crippen LogP contribution < -0.4 is 5.73 Å². The Labute approximate surface area is 105 Å². The molecule has 16 heavy (non-hydrogen) atoms. The first kappa shape index (κ1) is 13.9. The van der Waals surface area contributed by atoms with E-state index in [9.17, 15) is 13.2 Å². The van der Waals surface area contributed by atoms with Crippen molar-refractivity contribution in [1.82, 2.24) is 0 Å². The quantitative estimate of drug-likeness (QED) is 0.792. The van der Waals surface area contributed by atoms with E-state index in [4.69, 9.17) is 40.5 Å². The molecule has 0 saturated heterocycles. The molecule has 1 aromatic rings. The summed E-state index contributed by atoms with van der Waals surface area (Å²) >= 11 is 17.2. The molecule has 0 amide bonds. The van der Waals surface area contributed by atoms with Crippen LogP contribution >= 0.6 is 34.8 Å². The Morgan fingerprint density at radius 1 is 1.12 bits per heavy atom. The Balaban J connectivity index is 3.08. The smallest absolute Gasteiger partial charge is 0.324 e. The van der Waals surface area contributed by atoms with Gasteiger partial charge in [-0.2, -0.15) is 13.2 Å². The van der Waals surface area contributed by atoms with Gasteiger partial charge in [-0.15, -0.1) is 0 Å². The Bertz CT molecular complexity index is 392. The molecule has 7 heteroatoms. The number of benzene rings is 1. The molecule has 0 spiro atoms. The second-order valence-corrected chi connectivity index (χ2v) is 4.38. The highest BCUT2D eigenvalue weighted by molar-refractivity contribution is 6.44. The molecule has 0 bridgehead atoms. The first-order valence-electron chi connectivity index (χ1n) is 4.18. The van der Waals surface area contributed by atoms with Crippen LogP contribution in [0.25, 0.3) is 0 Å². The van der Waals surface area contributed by atoms with E-state index in [2.05, 4.69) is 0 Å². The highest BCUT2D eigenvalue weighted by Crippen LogP contribution is 2.38. The van der Waals surface area contributed by atoms with Crippen molar-refractivity contribution in [1.29, 1.82) is 0 Å². The fourth-order valence-corrected chi connectivity index (χ4v) is 2.05. The van der Waals surface area contributed by atoms with Crippen molar-refractivity contribution in [2.45, 2.75) is 18.6 Å². The molecule has 2 N–H and O–H groups in total. The lowest BCUT2D eigenvalue weighted by Gasteiger charge is -2.17. The SMILES string of the molecule is N[C@H](CC(F)(F)F)c1c(Cl)ccc(Cl)c1Cl. The van der Waals surface area contributed by atoms with Crippen LogP contribution in [0.4, 0.5) is 13.2 Å². The standard InChI is InChI=1S/C9H7Cl3F3N/c10-4-1-2-5(11)8(12)7(4)6(16)3-9(13,14)15/h1-2,6H,3,16H2/t6-/m1/s1. The average molecular weight is 293 g/mol. The molecule has 0 aliphatic heterocycles. The molecule has 0 radical (unpaired) electrons. The largest absolute Gasteiger partial charge is 0.390 e. The first-order chi connectivity index (χ1) is 7.22. The summed E-state index contributed by atoms with van der Waals surface area (Å²) in [6.07, 6.45) is -5.58. The van der Waals surface area contributed by atoms with Crippen LogP contribution in [0.1, 0.15) is 18.0 Å². The predicted octanol–water partition coefficient (Wildman–Crippen LogP) is 4.60. The zero-order valence-electron chi connectivity index (χ0n) is 7.78. The zero-order valence-corrected chi connectivity index (χ0v) is 10.1. The third-order valence-corrected chi connectivity index (χ3v) is 3.05. The van der Waals surface area contributed by atoms with Gasteiger partial charge in [-0.05, 0) is 12.1 Å². The molecule has 0 saturated carbocycles. The molecule has 0 aliphatic rings. The van der Waals surface area contributed by atoms with Crippen molar-refractivity contribution in [3.63, 3.8) is 0 Å². The van der Waals surface area contributed by atoms with Crippen LogP contribution in [-0.2, 0) is 0 Å². The lowest BCUT2D eigenvalue weighted by molar-refractivity contribution is -0.138. The van der Waals surface area contributed by atoms with Gasteiger partial charge in [0.1, 0.15) is 0 Å². The van der Waals surface area contributed by atoms with Crippen LogP contribution in [0.2, 0.25) is 15.1 Å². The summed E-state index contributed by atoms with van der Waals surface area (Å²) in [7, 11) is 0. The normalized spacial score (nSPS) is 13.9. The van der Waals surface area contributed by atoms with E-state index in [1.165, 1.54) is 12.1 Å². The molecule has 0 heterocycles. The van der Waals surface area contributed by atoms with Crippen LogP contribution in [0, 0.1) is 0 Å². The summed E-state index contributed by atoms with van der Waals surface area (Å²) in [6, 6.07) is 1.44. The Kier molecular flexibility index (Phi) is 4.35. The number of alkyl halides is 3. The van der Waals surface area contributed by atoms with Gasteiger partial charge in [0.2, 0.25) is 0 Å². The summed E-state index contributed by atoms with van der Waals surface area (Å²) in [5, 5.41) is 0.163. The van der Waals surface area contributed by atoms with Crippen molar-refractivity contribution in [2.75, 3.05) is 0 Å². The predicted molar refractivity (Wildman–Crippen MR) is 59.1 cm³/mol. The molecule has 90 valence electrons. The second-order valence-electron chi connectivity index (χ2n) is 3.18. The number of rotatable bonds is 2. The third-order valence-electron chi connectivity index (χ3n) is 1.90. The minimum Gasteiger partial charge on any atom is -0.324 e. The third kappa shape index (κ3) is 3.42. The van der Waals surface area contributed by atoms with Crippen LogP contribution in [0.15, 0.2) is 12.1 Å². The van der Waals surface area contributed by atoms with Crippen molar-refractivity contribution in [3.8, 4) is 0 Å². The average Bonchev–Trinajstić information content (AvgIpc) is 2.09. The minimum atomic E-state index is -4.38. The molecule has 1 aromatic carbocycles. The first-order valence-corrected chi connectivity index (χ1v) is 5.31. The molecule has 0 aliphatic carbocycles. The Hall–Kier alpha value is -0.160. The second kappa shape index (κ2) is 5.00. The fourth-order valence-electron chi connectivity index (χ4n) is 1.23. The summed E-state index contributed by atoms with van der Waals surface area (Å²) in [5.74, 6) is 0. The van der Waals surface area contributed by atoms with Crippen LogP contribution in [0.3, 0.4) is 0 Å². The lowest BCUT2D eigenvalue weighted by atomic mass is 10.0. The highest BCUT2D eigenvalue weighted by Gasteiger charge is 2.32. The molecular formula is C9H7Cl3F3N. The van der Waals surface area contributed by atoms with Crippen LogP contribution in [0.5, 0.6) is 0 Å². The van der Waals surface area contributed by atoms with Gasteiger partial charge in [-0.1, -0.05) is 34.8 Å². The van der Waals surface area contributed by atoms with Crippen LogP contribution in [-0.4, -0.2) is 6.18 Å². The van der Waals surface area contributed by atoms with Gasteiger partial charge in [-0.3, -0.25) is 0 Å². The van der Waals surface area contributed by atoms with E-state index in [0.29, 0.717) is 0 Å². The van der Waals surface area contributed by atoms with Gasteiger partial charge in [0, 0.05) is 16.6 Å². The maximum Gasteiger partial charge on any atom is 0.390 e. The molecule has 1 nitrogen and oxygen atoms in total. The van der Waals surface area contributed by atoms with Crippen molar-refractivity contribution in [2.24, 2.45) is 5.73 Å². The van der Waals surface area contributed by atoms with E-state index in [1.54, 1.807) is 0 Å². The van der Waals surface area contributed by atoms with Crippen molar-refractivity contribution < 1.29 is 13.2 Å². The van der Waals surface area contributed by atoms with Gasteiger partial charge in [0.25, 0.3) is 0 Å². The number of hydrogen-bond donors (Lipinski definition) is 1. The molecule has 0 unspecified atom stereocenters. The van der Waals surface area contributed by atoms with Crippen molar-refractivity contribution in [3.05, 3.63) is 32.8 Å². The summed E-state index contributed by atoms with van der Waals surface area (Å²) in [6.45, 7) is 0. The number of nitrogens with two attached hydrogens (primary N) is 1. The summed E-state index contributed by atoms with van der Waals surface area (Å²) in [4.78, 5) is 0. The van der Waals surface area contributed by atoms with Gasteiger partial charge in [0.05, 0.1) is 16.5 Å². The zero-order chi connectivity index (χ0) is 12.5. The van der Waals surface area contributed by atoms with E-state index in [0.717, 1.165) is 0 Å². The molecule has 1 atom stereocenters. The van der Waals surface area contributed by atoms with Gasteiger partial charge in [0.15, 0.2) is 0 Å². The molecule has 1 rings (SSSR count). The van der Waals surface area contributed by atoms with E-state index < -0.39 is 18.6 Å². The summed E-state index contributed by atoms with van der Waals surface area (Å²) < 4.78 is 36.5. The fraction of sp³-hybridized carbons (Fsp3) is 0.333. The maximum atomic E-state index is 12.2. The number of hydrogen-bond acceptors (Lipinski definition) is 1. The minimum absolute atomic E-state index is 0.0214. The molecule has 0 fully saturated rings. The maximum absolute atomic E-state index is 12.2. The topological polar surface area (TPSA) is 26.0 Å². The van der Waals surface area contributed by atoms with Gasteiger partial charge in [-0.25, -0.2) is 0 Å². The number of halogens is 6. The lowest BCUT2D eigenvalue weighted by Crippen LogP contribution is -2.20. The van der Waals surface area contributed by atoms with E-state index in [-0.39, 0.29) is 20.6 Å². The summed E-state index contributed by atoms with van der Waals surface area (Å²) in [5.41, 5.74) is 5.43. The van der Waals surface area contributed by atoms with E-state index in [1.807, 2.05) is 0 Å².